The van der Waals surface area contributed by atoms with Crippen LogP contribution in [0.4, 0.5) is 0 Å². The Hall–Kier alpha value is -0.530. The number of hydrogen-bond donors (Lipinski definition) is 0. The van der Waals surface area contributed by atoms with Gasteiger partial charge in [0.1, 0.15) is 0 Å². The van der Waals surface area contributed by atoms with Crippen molar-refractivity contribution in [3.63, 3.8) is 0 Å². The van der Waals surface area contributed by atoms with Crippen molar-refractivity contribution < 1.29 is 9.90 Å². The molecule has 0 aromatic carbocycles. The van der Waals surface area contributed by atoms with E-state index in [0.717, 1.165) is 12.8 Å². The second-order valence-electron chi connectivity index (χ2n) is 2.37. The van der Waals surface area contributed by atoms with Gasteiger partial charge in [-0.25, -0.2) is 9.90 Å². The Balaban J connectivity index is 2.09. The molecule has 1 rings (SSSR count). The van der Waals surface area contributed by atoms with Crippen LogP contribution in [0.15, 0.2) is 0 Å². The lowest BCUT2D eigenvalue weighted by atomic mass is 9.83. The highest BCUT2D eigenvalue weighted by molar-refractivity contribution is 5.66. The van der Waals surface area contributed by atoms with Gasteiger partial charge in [-0.15, -0.1) is 0 Å². The van der Waals surface area contributed by atoms with E-state index in [0.29, 0.717) is 5.92 Å². The summed E-state index contributed by atoms with van der Waals surface area (Å²) in [5.41, 5.74) is 0. The van der Waals surface area contributed by atoms with Crippen LogP contribution in [-0.4, -0.2) is 5.97 Å². The lowest BCUT2D eigenvalue weighted by Gasteiger charge is -2.22. The molecular formula is C6H9O2. The van der Waals surface area contributed by atoms with Crippen LogP contribution in [0, 0.1) is 5.92 Å². The zero-order valence-electron chi connectivity index (χ0n) is 4.72. The van der Waals surface area contributed by atoms with Gasteiger partial charge in [-0.1, -0.05) is 6.42 Å². The Morgan fingerprint density at radius 3 is 2.25 bits per heavy atom. The lowest BCUT2D eigenvalue weighted by molar-refractivity contribution is -0.144. The average Bonchev–Trinajstić information content (AvgIpc) is 1.55. The summed E-state index contributed by atoms with van der Waals surface area (Å²) >= 11 is 0. The first-order valence-electron chi connectivity index (χ1n) is 2.99. The first-order valence-corrected chi connectivity index (χ1v) is 2.99. The standard InChI is InChI=1S/C6H9O2/c7-6(8)4-5-2-1-3-5/h5H,1-4H2. The lowest BCUT2D eigenvalue weighted by Crippen LogP contribution is -2.14. The Labute approximate surface area is 48.5 Å². The molecule has 0 atom stereocenters. The van der Waals surface area contributed by atoms with Gasteiger partial charge < -0.3 is 0 Å². The number of hydrogen-bond acceptors (Lipinski definition) is 1. The Bertz CT molecular complexity index is 94.7. The fraction of sp³-hybridized carbons (Fsp3) is 0.833. The van der Waals surface area contributed by atoms with Crippen molar-refractivity contribution in [2.75, 3.05) is 0 Å². The van der Waals surface area contributed by atoms with Gasteiger partial charge in [0, 0.05) is 0 Å². The first-order chi connectivity index (χ1) is 3.79. The van der Waals surface area contributed by atoms with Crippen molar-refractivity contribution in [3.05, 3.63) is 0 Å². The van der Waals surface area contributed by atoms with E-state index in [1.807, 2.05) is 0 Å². The maximum Gasteiger partial charge on any atom is 0.355 e. The third kappa shape index (κ3) is 1.22. The number of carbonyl (C=O) groups is 1. The third-order valence-corrected chi connectivity index (χ3v) is 1.68. The summed E-state index contributed by atoms with van der Waals surface area (Å²) in [5, 5.41) is 9.89. The molecule has 8 heavy (non-hydrogen) atoms. The molecule has 0 amide bonds. The van der Waals surface area contributed by atoms with Crippen molar-refractivity contribution in [3.8, 4) is 0 Å². The molecule has 0 saturated heterocycles. The molecule has 0 heterocycles. The first kappa shape index (κ1) is 5.60. The molecule has 1 radical (unpaired) electrons. The highest BCUT2D eigenvalue weighted by Crippen LogP contribution is 2.28. The molecule has 1 saturated carbocycles. The predicted molar refractivity (Wildman–Crippen MR) is 27.7 cm³/mol. The van der Waals surface area contributed by atoms with Crippen molar-refractivity contribution in [2.45, 2.75) is 25.7 Å². The smallest absolute Gasteiger partial charge is 0.247 e. The Morgan fingerprint density at radius 2 is 2.12 bits per heavy atom. The van der Waals surface area contributed by atoms with E-state index in [1.165, 1.54) is 6.42 Å². The molecule has 0 aliphatic heterocycles. The molecule has 0 aromatic rings. The zero-order valence-corrected chi connectivity index (χ0v) is 4.72. The van der Waals surface area contributed by atoms with Gasteiger partial charge in [-0.2, -0.15) is 0 Å². The molecule has 2 heteroatoms. The van der Waals surface area contributed by atoms with Crippen LogP contribution in [0.1, 0.15) is 25.7 Å². The summed E-state index contributed by atoms with van der Waals surface area (Å²) in [5.74, 6) is -0.449. The molecular weight excluding hydrogens is 104 g/mol. The summed E-state index contributed by atoms with van der Waals surface area (Å²) < 4.78 is 0. The quantitative estimate of drug-likeness (QED) is 0.529. The monoisotopic (exact) mass is 113 g/mol. The number of carbonyl (C=O) groups excluding carboxylic acids is 1. The topological polar surface area (TPSA) is 37.0 Å². The predicted octanol–water partition coefficient (Wildman–Crippen LogP) is 1.13. The van der Waals surface area contributed by atoms with Crippen molar-refractivity contribution in [2.24, 2.45) is 5.92 Å². The van der Waals surface area contributed by atoms with Crippen molar-refractivity contribution in [1.82, 2.24) is 0 Å². The maximum absolute atomic E-state index is 9.89. The van der Waals surface area contributed by atoms with Gasteiger partial charge in [-0.3, -0.25) is 0 Å². The average molecular weight is 113 g/mol. The summed E-state index contributed by atoms with van der Waals surface area (Å²) in [6.07, 6.45) is 3.67. The van der Waals surface area contributed by atoms with E-state index >= 15 is 0 Å². The normalized spacial score (nSPS) is 20.0. The molecule has 0 aromatic heterocycles. The van der Waals surface area contributed by atoms with Crippen LogP contribution >= 0.6 is 0 Å². The summed E-state index contributed by atoms with van der Waals surface area (Å²) in [4.78, 5) is 9.89. The highest BCUT2D eigenvalue weighted by atomic mass is 16.4. The van der Waals surface area contributed by atoms with Gasteiger partial charge in [0.15, 0.2) is 0 Å². The molecule has 45 valence electrons. The summed E-state index contributed by atoms with van der Waals surface area (Å²) in [6, 6.07) is 0. The third-order valence-electron chi connectivity index (χ3n) is 1.68. The minimum absolute atomic E-state index is 0.278. The van der Waals surface area contributed by atoms with Crippen LogP contribution in [0.2, 0.25) is 0 Å². The van der Waals surface area contributed by atoms with E-state index in [-0.39, 0.29) is 6.42 Å². The number of rotatable bonds is 2. The molecule has 0 N–H and O–H groups in total. The second-order valence-corrected chi connectivity index (χ2v) is 2.37. The van der Waals surface area contributed by atoms with E-state index in [4.69, 9.17) is 0 Å². The van der Waals surface area contributed by atoms with Crippen LogP contribution in [0.5, 0.6) is 0 Å². The minimum atomic E-state index is -0.894. The minimum Gasteiger partial charge on any atom is -0.247 e. The Morgan fingerprint density at radius 1 is 1.50 bits per heavy atom. The van der Waals surface area contributed by atoms with Crippen LogP contribution in [0.25, 0.3) is 0 Å². The highest BCUT2D eigenvalue weighted by Gasteiger charge is 2.20. The van der Waals surface area contributed by atoms with Gasteiger partial charge in [0.25, 0.3) is 0 Å². The molecule has 1 fully saturated rings. The molecule has 0 bridgehead atoms. The van der Waals surface area contributed by atoms with E-state index in [1.54, 1.807) is 0 Å². The van der Waals surface area contributed by atoms with E-state index in [9.17, 15) is 9.90 Å². The fourth-order valence-corrected chi connectivity index (χ4v) is 0.933. The molecule has 1 aliphatic carbocycles. The van der Waals surface area contributed by atoms with Gasteiger partial charge in [0.05, 0.1) is 6.42 Å². The van der Waals surface area contributed by atoms with Gasteiger partial charge in [-0.05, 0) is 18.8 Å². The summed E-state index contributed by atoms with van der Waals surface area (Å²) in [6.45, 7) is 0. The molecule has 0 unspecified atom stereocenters. The van der Waals surface area contributed by atoms with Crippen LogP contribution in [-0.2, 0) is 9.90 Å². The van der Waals surface area contributed by atoms with Crippen molar-refractivity contribution in [1.29, 1.82) is 0 Å². The SMILES string of the molecule is [O]C(=O)CC1CCC1. The van der Waals surface area contributed by atoms with Gasteiger partial charge in [0.2, 0.25) is 0 Å². The zero-order chi connectivity index (χ0) is 5.98. The Kier molecular flexibility index (Phi) is 1.51. The van der Waals surface area contributed by atoms with Crippen LogP contribution in [0.3, 0.4) is 0 Å². The largest absolute Gasteiger partial charge is 0.355 e. The molecule has 2 nitrogen and oxygen atoms in total. The van der Waals surface area contributed by atoms with Crippen molar-refractivity contribution >= 4 is 5.97 Å². The summed E-state index contributed by atoms with van der Waals surface area (Å²) in [7, 11) is 0. The second kappa shape index (κ2) is 2.16. The molecule has 1 aliphatic rings. The molecule has 0 spiro atoms. The van der Waals surface area contributed by atoms with Gasteiger partial charge >= 0.3 is 5.97 Å². The van der Waals surface area contributed by atoms with E-state index < -0.39 is 5.97 Å². The van der Waals surface area contributed by atoms with E-state index in [2.05, 4.69) is 0 Å². The maximum atomic E-state index is 9.89. The fourth-order valence-electron chi connectivity index (χ4n) is 0.933. The van der Waals surface area contributed by atoms with Crippen LogP contribution < -0.4 is 0 Å².